The van der Waals surface area contributed by atoms with Crippen LogP contribution in [-0.2, 0) is 18.4 Å². The maximum Gasteiger partial charge on any atom is 0.158 e. The highest BCUT2D eigenvalue weighted by atomic mass is 16.5. The van der Waals surface area contributed by atoms with E-state index in [1.807, 2.05) is 18.5 Å². The van der Waals surface area contributed by atoms with Gasteiger partial charge in [0.1, 0.15) is 12.4 Å². The lowest BCUT2D eigenvalue weighted by atomic mass is 10.1. The normalized spacial score (nSPS) is 25.2. The fourth-order valence-electron chi connectivity index (χ4n) is 2.25. The van der Waals surface area contributed by atoms with Crippen molar-refractivity contribution < 1.29 is 4.74 Å². The molecule has 1 aliphatic carbocycles. The average Bonchev–Trinajstić information content (AvgIpc) is 2.86. The van der Waals surface area contributed by atoms with Crippen molar-refractivity contribution in [1.29, 1.82) is 0 Å². The van der Waals surface area contributed by atoms with Gasteiger partial charge in [-0.25, -0.2) is 0 Å². The molecule has 1 aromatic heterocycles. The first-order chi connectivity index (χ1) is 7.72. The molecule has 0 spiro atoms. The Labute approximate surface area is 96.0 Å². The quantitative estimate of drug-likeness (QED) is 0.820. The molecule has 0 amide bonds. The number of hydrogen-bond acceptors (Lipinski definition) is 4. The summed E-state index contributed by atoms with van der Waals surface area (Å²) in [7, 11) is 1.96. The molecule has 0 bridgehead atoms. The van der Waals surface area contributed by atoms with E-state index in [1.165, 1.54) is 12.8 Å². The monoisotopic (exact) mass is 224 g/mol. The van der Waals surface area contributed by atoms with Crippen molar-refractivity contribution in [2.75, 3.05) is 6.54 Å². The molecule has 2 unspecified atom stereocenters. The zero-order chi connectivity index (χ0) is 11.5. The molecule has 90 valence electrons. The predicted molar refractivity (Wildman–Crippen MR) is 60.7 cm³/mol. The largest absolute Gasteiger partial charge is 0.370 e. The minimum atomic E-state index is 0.307. The van der Waals surface area contributed by atoms with Gasteiger partial charge < -0.3 is 15.0 Å². The Kier molecular flexibility index (Phi) is 3.56. The molecule has 2 rings (SSSR count). The number of aromatic nitrogens is 3. The van der Waals surface area contributed by atoms with Crippen LogP contribution in [-0.4, -0.2) is 27.4 Å². The van der Waals surface area contributed by atoms with Gasteiger partial charge in [0.15, 0.2) is 5.82 Å². The molecule has 0 aliphatic heterocycles. The second kappa shape index (κ2) is 4.93. The summed E-state index contributed by atoms with van der Waals surface area (Å²) in [4.78, 5) is 0. The molecule has 2 atom stereocenters. The van der Waals surface area contributed by atoms with Crippen molar-refractivity contribution >= 4 is 0 Å². The van der Waals surface area contributed by atoms with Crippen molar-refractivity contribution in [3.05, 3.63) is 11.6 Å². The first kappa shape index (κ1) is 11.5. The van der Waals surface area contributed by atoms with Gasteiger partial charge in [0.25, 0.3) is 0 Å². The van der Waals surface area contributed by atoms with Crippen LogP contribution in [0.1, 0.15) is 30.9 Å². The van der Waals surface area contributed by atoms with Gasteiger partial charge in [0.2, 0.25) is 0 Å². The molecule has 0 radical (unpaired) electrons. The first-order valence-electron chi connectivity index (χ1n) is 5.89. The molecule has 5 nitrogen and oxygen atoms in total. The number of nitrogens with two attached hydrogens (primary N) is 1. The van der Waals surface area contributed by atoms with Crippen molar-refractivity contribution in [3.8, 4) is 0 Å². The summed E-state index contributed by atoms with van der Waals surface area (Å²) in [5.74, 6) is 2.33. The fraction of sp³-hybridized carbons (Fsp3) is 0.818. The minimum Gasteiger partial charge on any atom is -0.370 e. The molecule has 1 fully saturated rings. The topological polar surface area (TPSA) is 66.0 Å². The highest BCUT2D eigenvalue weighted by molar-refractivity contribution is 4.91. The molecular formula is C11H20N4O. The summed E-state index contributed by atoms with van der Waals surface area (Å²) in [5, 5.41) is 8.09. The predicted octanol–water partition coefficient (Wildman–Crippen LogP) is 0.768. The third-order valence-corrected chi connectivity index (χ3v) is 3.50. The van der Waals surface area contributed by atoms with Gasteiger partial charge in [-0.1, -0.05) is 6.42 Å². The number of aryl methyl sites for hydroxylation is 1. The zero-order valence-corrected chi connectivity index (χ0v) is 10.0. The molecule has 5 heteroatoms. The highest BCUT2D eigenvalue weighted by Gasteiger charge is 2.27. The van der Waals surface area contributed by atoms with Crippen LogP contribution in [0.25, 0.3) is 0 Å². The van der Waals surface area contributed by atoms with Gasteiger partial charge in [-0.2, -0.15) is 0 Å². The third-order valence-electron chi connectivity index (χ3n) is 3.50. The van der Waals surface area contributed by atoms with Crippen LogP contribution in [0.5, 0.6) is 0 Å². The summed E-state index contributed by atoms with van der Waals surface area (Å²) >= 11 is 0. The first-order valence-corrected chi connectivity index (χ1v) is 5.89. The Hall–Kier alpha value is -0.940. The van der Waals surface area contributed by atoms with E-state index in [4.69, 9.17) is 10.5 Å². The smallest absolute Gasteiger partial charge is 0.158 e. The summed E-state index contributed by atoms with van der Waals surface area (Å²) < 4.78 is 7.85. The molecule has 1 aliphatic rings. The van der Waals surface area contributed by atoms with E-state index in [9.17, 15) is 0 Å². The van der Waals surface area contributed by atoms with Crippen LogP contribution in [0.15, 0.2) is 0 Å². The Balaban J connectivity index is 1.89. The maximum absolute atomic E-state index is 5.88. The van der Waals surface area contributed by atoms with Gasteiger partial charge in [-0.15, -0.1) is 10.2 Å². The molecule has 0 aromatic carbocycles. The van der Waals surface area contributed by atoms with Crippen molar-refractivity contribution in [2.45, 2.75) is 38.9 Å². The van der Waals surface area contributed by atoms with Gasteiger partial charge in [-0.3, -0.25) is 0 Å². The molecule has 0 saturated heterocycles. The van der Waals surface area contributed by atoms with Crippen molar-refractivity contribution in [1.82, 2.24) is 14.8 Å². The lowest BCUT2D eigenvalue weighted by Crippen LogP contribution is -2.25. The van der Waals surface area contributed by atoms with Crippen molar-refractivity contribution in [2.24, 2.45) is 18.7 Å². The summed E-state index contributed by atoms with van der Waals surface area (Å²) in [6, 6.07) is 0. The second-order valence-electron chi connectivity index (χ2n) is 4.50. The van der Waals surface area contributed by atoms with E-state index in [-0.39, 0.29) is 0 Å². The van der Waals surface area contributed by atoms with Crippen LogP contribution in [0, 0.1) is 12.8 Å². The van der Waals surface area contributed by atoms with Crippen LogP contribution in [0.4, 0.5) is 0 Å². The molecular weight excluding hydrogens is 204 g/mol. The van der Waals surface area contributed by atoms with E-state index in [0.29, 0.717) is 18.6 Å². The van der Waals surface area contributed by atoms with Crippen LogP contribution >= 0.6 is 0 Å². The molecule has 2 N–H and O–H groups in total. The maximum atomic E-state index is 5.88. The van der Waals surface area contributed by atoms with E-state index in [2.05, 4.69) is 10.2 Å². The van der Waals surface area contributed by atoms with Crippen LogP contribution in [0.2, 0.25) is 0 Å². The Morgan fingerprint density at radius 1 is 1.44 bits per heavy atom. The van der Waals surface area contributed by atoms with Gasteiger partial charge in [0, 0.05) is 7.05 Å². The Morgan fingerprint density at radius 3 is 2.88 bits per heavy atom. The van der Waals surface area contributed by atoms with Gasteiger partial charge in [-0.05, 0) is 32.2 Å². The Morgan fingerprint density at radius 2 is 2.25 bits per heavy atom. The van der Waals surface area contributed by atoms with Crippen molar-refractivity contribution in [3.63, 3.8) is 0 Å². The molecule has 16 heavy (non-hydrogen) atoms. The fourth-order valence-corrected chi connectivity index (χ4v) is 2.25. The van der Waals surface area contributed by atoms with E-state index in [0.717, 1.165) is 24.6 Å². The van der Waals surface area contributed by atoms with Crippen LogP contribution < -0.4 is 5.73 Å². The number of ether oxygens (including phenoxy) is 1. The Bertz CT molecular complexity index is 350. The molecule has 1 aromatic rings. The van der Waals surface area contributed by atoms with E-state index < -0.39 is 0 Å². The lowest BCUT2D eigenvalue weighted by molar-refractivity contribution is 0.0136. The minimum absolute atomic E-state index is 0.307. The summed E-state index contributed by atoms with van der Waals surface area (Å²) in [6.45, 7) is 3.20. The van der Waals surface area contributed by atoms with Gasteiger partial charge in [0.05, 0.1) is 6.10 Å². The SMILES string of the molecule is Cc1nnc(COC2CCCC2CN)n1C. The summed E-state index contributed by atoms with van der Waals surface area (Å²) in [6.07, 6.45) is 3.85. The van der Waals surface area contributed by atoms with Gasteiger partial charge >= 0.3 is 0 Å². The lowest BCUT2D eigenvalue weighted by Gasteiger charge is -2.18. The third kappa shape index (κ3) is 2.25. The average molecular weight is 224 g/mol. The van der Waals surface area contributed by atoms with Crippen LogP contribution in [0.3, 0.4) is 0 Å². The van der Waals surface area contributed by atoms with E-state index >= 15 is 0 Å². The standard InChI is InChI=1S/C11H20N4O/c1-8-13-14-11(15(8)2)7-16-10-5-3-4-9(10)6-12/h9-10H,3-7,12H2,1-2H3. The highest BCUT2D eigenvalue weighted by Crippen LogP contribution is 2.27. The van der Waals surface area contributed by atoms with E-state index in [1.54, 1.807) is 0 Å². The number of nitrogens with zero attached hydrogens (tertiary/aromatic N) is 3. The number of rotatable bonds is 4. The molecule has 1 saturated carbocycles. The summed E-state index contributed by atoms with van der Waals surface area (Å²) in [5.41, 5.74) is 5.71. The number of hydrogen-bond donors (Lipinski definition) is 1. The zero-order valence-electron chi connectivity index (χ0n) is 10.0. The molecule has 1 heterocycles. The second-order valence-corrected chi connectivity index (χ2v) is 4.50.